The van der Waals surface area contributed by atoms with Gasteiger partial charge in [0.1, 0.15) is 11.2 Å². The van der Waals surface area contributed by atoms with Crippen molar-refractivity contribution in [3.8, 4) is 11.5 Å². The zero-order chi connectivity index (χ0) is 44.0. The molecule has 2 heterocycles. The van der Waals surface area contributed by atoms with Gasteiger partial charge in [0.05, 0.1) is 45.8 Å². The summed E-state index contributed by atoms with van der Waals surface area (Å²) >= 11 is 0. The highest BCUT2D eigenvalue weighted by molar-refractivity contribution is 5.95. The van der Waals surface area contributed by atoms with E-state index in [1.165, 1.54) is 19.1 Å². The van der Waals surface area contributed by atoms with Gasteiger partial charge in [0.15, 0.2) is 11.5 Å². The summed E-state index contributed by atoms with van der Waals surface area (Å²) in [5.41, 5.74) is -0.822. The molecule has 2 aliphatic heterocycles. The third kappa shape index (κ3) is 16.1. The van der Waals surface area contributed by atoms with Crippen LogP contribution in [-0.2, 0) is 33.3 Å². The second-order valence-corrected chi connectivity index (χ2v) is 17.2. The summed E-state index contributed by atoms with van der Waals surface area (Å²) in [5, 5.41) is 3.38. The molecule has 1 aromatic rings. The van der Waals surface area contributed by atoms with Crippen LogP contribution in [0.5, 0.6) is 11.5 Å². The summed E-state index contributed by atoms with van der Waals surface area (Å²) in [6.45, 7) is 21.0. The van der Waals surface area contributed by atoms with Crippen molar-refractivity contribution in [2.24, 2.45) is 11.8 Å². The number of amides is 3. The van der Waals surface area contributed by atoms with E-state index in [1.807, 2.05) is 48.5 Å². The largest absolute Gasteiger partial charge is 0.493 e. The molecule has 0 bridgehead atoms. The van der Waals surface area contributed by atoms with E-state index in [4.69, 9.17) is 33.2 Å². The minimum Gasteiger partial charge on any atom is -0.493 e. The molecule has 2 saturated heterocycles. The first-order chi connectivity index (χ1) is 27.0. The normalized spacial score (nSPS) is 19.7. The number of likely N-dealkylation sites (tertiary alicyclic amines) is 2. The molecule has 0 spiro atoms. The topological polar surface area (TPSA) is 172 Å². The third-order valence-corrected chi connectivity index (χ3v) is 9.17. The van der Waals surface area contributed by atoms with E-state index < -0.39 is 35.2 Å². The van der Waals surface area contributed by atoms with Gasteiger partial charge in [0, 0.05) is 70.0 Å². The molecule has 3 amide bonds. The SMILES string of the molecule is COC(=O)[C@@H]1C[C@H](NC(C)C)CN(C(=O)OC(C)(C)C)C1.COCCCOc1cc(C(=O)N(C(C)C)C2C[C@H](C(=O)OC)CN(C(=O)OC(C)(C)C)C2)ccc1OC. The van der Waals surface area contributed by atoms with Crippen LogP contribution in [0.3, 0.4) is 0 Å². The number of esters is 2. The summed E-state index contributed by atoms with van der Waals surface area (Å²) in [6, 6.07) is 4.76. The van der Waals surface area contributed by atoms with E-state index in [1.54, 1.807) is 63.0 Å². The van der Waals surface area contributed by atoms with Crippen molar-refractivity contribution in [2.75, 3.05) is 67.8 Å². The molecule has 330 valence electrons. The molecule has 1 unspecified atom stereocenters. The fraction of sp³-hybridized carbons (Fsp3) is 0.738. The molecular formula is C42H70N4O12. The minimum atomic E-state index is -0.693. The molecule has 16 heteroatoms. The highest BCUT2D eigenvalue weighted by atomic mass is 16.6. The van der Waals surface area contributed by atoms with Crippen LogP contribution in [0.2, 0.25) is 0 Å². The number of methoxy groups -OCH3 is 4. The summed E-state index contributed by atoms with van der Waals surface area (Å²) in [6.07, 6.45) is 0.814. The molecule has 0 aromatic heterocycles. The van der Waals surface area contributed by atoms with E-state index in [-0.39, 0.29) is 55.1 Å². The molecule has 2 aliphatic rings. The van der Waals surface area contributed by atoms with Crippen molar-refractivity contribution in [1.29, 1.82) is 0 Å². The maximum Gasteiger partial charge on any atom is 0.410 e. The van der Waals surface area contributed by atoms with Crippen LogP contribution in [0.4, 0.5) is 9.59 Å². The van der Waals surface area contributed by atoms with Crippen molar-refractivity contribution in [2.45, 2.75) is 124 Å². The Morgan fingerprint density at radius 2 is 1.28 bits per heavy atom. The van der Waals surface area contributed by atoms with Gasteiger partial charge in [-0.05, 0) is 86.4 Å². The van der Waals surface area contributed by atoms with Crippen LogP contribution < -0.4 is 14.8 Å². The van der Waals surface area contributed by atoms with Gasteiger partial charge in [0.2, 0.25) is 0 Å². The van der Waals surface area contributed by atoms with Crippen LogP contribution in [-0.4, -0.2) is 148 Å². The van der Waals surface area contributed by atoms with Gasteiger partial charge in [-0.1, -0.05) is 13.8 Å². The summed E-state index contributed by atoms with van der Waals surface area (Å²) in [7, 11) is 5.86. The first-order valence-electron chi connectivity index (χ1n) is 20.0. The maximum absolute atomic E-state index is 13.8. The van der Waals surface area contributed by atoms with Gasteiger partial charge < -0.3 is 53.2 Å². The Balaban J connectivity index is 0.000000467. The average molecular weight is 823 g/mol. The number of hydrogen-bond acceptors (Lipinski definition) is 13. The first kappa shape index (κ1) is 49.8. The Bertz CT molecular complexity index is 1510. The number of nitrogens with zero attached hydrogens (tertiary/aromatic N) is 3. The Kier molecular flexibility index (Phi) is 19.5. The molecule has 2 fully saturated rings. The van der Waals surface area contributed by atoms with Crippen molar-refractivity contribution in [1.82, 2.24) is 20.0 Å². The van der Waals surface area contributed by atoms with Crippen molar-refractivity contribution in [3.05, 3.63) is 23.8 Å². The van der Waals surface area contributed by atoms with E-state index in [2.05, 4.69) is 5.32 Å². The van der Waals surface area contributed by atoms with Gasteiger partial charge in [-0.15, -0.1) is 0 Å². The second-order valence-electron chi connectivity index (χ2n) is 17.2. The number of carbonyl (C=O) groups excluding carboxylic acids is 5. The van der Waals surface area contributed by atoms with E-state index in [0.717, 1.165) is 0 Å². The minimum absolute atomic E-state index is 0.0652. The number of benzene rings is 1. The zero-order valence-corrected chi connectivity index (χ0v) is 37.3. The monoisotopic (exact) mass is 822 g/mol. The number of piperidine rings is 2. The molecule has 4 atom stereocenters. The van der Waals surface area contributed by atoms with Gasteiger partial charge in [-0.25, -0.2) is 9.59 Å². The number of hydrogen-bond donors (Lipinski definition) is 1. The number of rotatable bonds is 13. The highest BCUT2D eigenvalue weighted by Gasteiger charge is 2.41. The fourth-order valence-electron chi connectivity index (χ4n) is 6.87. The van der Waals surface area contributed by atoms with E-state index in [0.29, 0.717) is 62.6 Å². The number of nitrogens with one attached hydrogen (secondary N) is 1. The lowest BCUT2D eigenvalue weighted by Gasteiger charge is -2.43. The van der Waals surface area contributed by atoms with Gasteiger partial charge in [-0.3, -0.25) is 14.4 Å². The number of carbonyl (C=O) groups is 5. The molecular weight excluding hydrogens is 752 g/mol. The molecule has 1 N–H and O–H groups in total. The Hall–Kier alpha value is -4.31. The molecule has 0 aliphatic carbocycles. The fourth-order valence-corrected chi connectivity index (χ4v) is 6.87. The molecule has 58 heavy (non-hydrogen) atoms. The Morgan fingerprint density at radius 1 is 0.741 bits per heavy atom. The van der Waals surface area contributed by atoms with E-state index in [9.17, 15) is 24.0 Å². The van der Waals surface area contributed by atoms with Crippen LogP contribution >= 0.6 is 0 Å². The summed E-state index contributed by atoms with van der Waals surface area (Å²) in [4.78, 5) is 68.1. The second kappa shape index (κ2) is 22.7. The van der Waals surface area contributed by atoms with Gasteiger partial charge >= 0.3 is 24.1 Å². The zero-order valence-electron chi connectivity index (χ0n) is 37.3. The number of ether oxygens (including phenoxy) is 7. The smallest absolute Gasteiger partial charge is 0.410 e. The average Bonchev–Trinajstić information content (AvgIpc) is 3.14. The van der Waals surface area contributed by atoms with Crippen molar-refractivity contribution < 1.29 is 57.1 Å². The van der Waals surface area contributed by atoms with Crippen molar-refractivity contribution in [3.63, 3.8) is 0 Å². The van der Waals surface area contributed by atoms with Gasteiger partial charge in [-0.2, -0.15) is 0 Å². The van der Waals surface area contributed by atoms with Crippen LogP contribution in [0.1, 0.15) is 98.9 Å². The predicted molar refractivity (Wildman–Crippen MR) is 218 cm³/mol. The highest BCUT2D eigenvalue weighted by Crippen LogP contribution is 2.31. The predicted octanol–water partition coefficient (Wildman–Crippen LogP) is 5.54. The van der Waals surface area contributed by atoms with E-state index >= 15 is 0 Å². The Labute approximate surface area is 345 Å². The third-order valence-electron chi connectivity index (χ3n) is 9.17. The maximum atomic E-state index is 13.8. The lowest BCUT2D eigenvalue weighted by Crippen LogP contribution is -2.57. The van der Waals surface area contributed by atoms with Crippen molar-refractivity contribution >= 4 is 30.0 Å². The van der Waals surface area contributed by atoms with Gasteiger partial charge in [0.25, 0.3) is 5.91 Å². The molecule has 1 aromatic carbocycles. The van der Waals surface area contributed by atoms with Crippen LogP contribution in [0.15, 0.2) is 18.2 Å². The molecule has 3 rings (SSSR count). The lowest BCUT2D eigenvalue weighted by molar-refractivity contribution is -0.148. The standard InChI is InChI=1S/C27H42N2O8.C15H28N2O4/c1-18(2)29(24(30)19-10-11-22(34-7)23(15-19)36-13-9-12-33-6)21-14-20(25(31)35-8)16-28(17-21)26(32)37-27(3,4)5;1-10(2)16-12-7-11(13(18)20-6)8-17(9-12)14(19)21-15(3,4)5/h10-11,15,18,20-21H,9,12-14,16-17H2,1-8H3;10-12,16H,7-9H2,1-6H3/t20-,21?;11-,12+/m01/s1. The lowest BCUT2D eigenvalue weighted by atomic mass is 9.92. The Morgan fingerprint density at radius 3 is 1.74 bits per heavy atom. The first-order valence-corrected chi connectivity index (χ1v) is 20.0. The molecule has 16 nitrogen and oxygen atoms in total. The van der Waals surface area contributed by atoms with Crippen LogP contribution in [0.25, 0.3) is 0 Å². The molecule has 0 saturated carbocycles. The summed E-state index contributed by atoms with van der Waals surface area (Å²) in [5.74, 6) is -0.860. The quantitative estimate of drug-likeness (QED) is 0.150. The summed E-state index contributed by atoms with van der Waals surface area (Å²) < 4.78 is 37.1. The molecule has 0 radical (unpaired) electrons. The van der Waals surface area contributed by atoms with Crippen LogP contribution in [0, 0.1) is 11.8 Å².